The number of hydrogen-bond acceptors (Lipinski definition) is 11. The molecule has 1 unspecified atom stereocenters. The molecule has 12 nitrogen and oxygen atoms in total. The second-order valence-electron chi connectivity index (χ2n) is 9.94. The first kappa shape index (κ1) is 30.1. The monoisotopic (exact) mass is 601 g/mol. The van der Waals surface area contributed by atoms with E-state index in [-0.39, 0.29) is 22.3 Å². The molecular formula is C32H27NO11. The molecular weight excluding hydrogens is 574 g/mol. The third kappa shape index (κ3) is 6.20. The van der Waals surface area contributed by atoms with Crippen molar-refractivity contribution < 1.29 is 52.5 Å². The van der Waals surface area contributed by atoms with E-state index >= 15 is 0 Å². The lowest BCUT2D eigenvalue weighted by atomic mass is 9.94. The third-order valence-corrected chi connectivity index (χ3v) is 6.96. The van der Waals surface area contributed by atoms with Gasteiger partial charge in [-0.05, 0) is 36.4 Å². The highest BCUT2D eigenvalue weighted by molar-refractivity contribution is 6.21. The number of benzene rings is 3. The van der Waals surface area contributed by atoms with Gasteiger partial charge in [0.25, 0.3) is 11.8 Å². The van der Waals surface area contributed by atoms with Crippen LogP contribution in [0, 0.1) is 0 Å². The van der Waals surface area contributed by atoms with Crippen LogP contribution in [0.25, 0.3) is 0 Å². The summed E-state index contributed by atoms with van der Waals surface area (Å²) in [7, 11) is 0. The second kappa shape index (κ2) is 12.9. The van der Waals surface area contributed by atoms with Gasteiger partial charge in [-0.3, -0.25) is 24.1 Å². The summed E-state index contributed by atoms with van der Waals surface area (Å²) in [6, 6.07) is 20.4. The largest absolute Gasteiger partial charge is 0.459 e. The van der Waals surface area contributed by atoms with Crippen molar-refractivity contribution in [1.82, 2.24) is 4.90 Å². The van der Waals surface area contributed by atoms with Crippen molar-refractivity contribution in [3.05, 3.63) is 107 Å². The zero-order valence-corrected chi connectivity index (χ0v) is 23.6. The fourth-order valence-electron chi connectivity index (χ4n) is 5.09. The molecule has 0 aromatic heterocycles. The minimum Gasteiger partial charge on any atom is -0.459 e. The van der Waals surface area contributed by atoms with E-state index in [4.69, 9.17) is 23.7 Å². The molecule has 1 saturated heterocycles. The van der Waals surface area contributed by atoms with Crippen molar-refractivity contribution in [1.29, 1.82) is 0 Å². The van der Waals surface area contributed by atoms with E-state index < -0.39 is 72.9 Å². The van der Waals surface area contributed by atoms with Crippen molar-refractivity contribution >= 4 is 35.7 Å². The van der Waals surface area contributed by atoms with E-state index in [9.17, 15) is 28.8 Å². The second-order valence-corrected chi connectivity index (χ2v) is 9.94. The summed E-state index contributed by atoms with van der Waals surface area (Å²) >= 11 is 0. The topological polar surface area (TPSA) is 152 Å². The minimum absolute atomic E-state index is 0.0670. The Labute approximate surface area is 251 Å². The molecule has 2 heterocycles. The maximum atomic E-state index is 13.6. The van der Waals surface area contributed by atoms with Gasteiger partial charge in [0.1, 0.15) is 18.8 Å². The summed E-state index contributed by atoms with van der Waals surface area (Å²) in [5.74, 6) is -4.84. The van der Waals surface area contributed by atoms with Gasteiger partial charge >= 0.3 is 23.9 Å². The number of fused-ring (bicyclic) bond motifs is 1. The van der Waals surface area contributed by atoms with Crippen molar-refractivity contribution in [2.75, 3.05) is 6.61 Å². The first-order valence-corrected chi connectivity index (χ1v) is 13.6. The molecule has 3 aromatic rings. The molecule has 0 aliphatic carbocycles. The van der Waals surface area contributed by atoms with Gasteiger partial charge in [-0.15, -0.1) is 0 Å². The van der Waals surface area contributed by atoms with Crippen molar-refractivity contribution in [2.45, 2.75) is 44.5 Å². The van der Waals surface area contributed by atoms with Gasteiger partial charge in [-0.25, -0.2) is 9.59 Å². The minimum atomic E-state index is -1.70. The lowest BCUT2D eigenvalue weighted by Gasteiger charge is -2.46. The highest BCUT2D eigenvalue weighted by Crippen LogP contribution is 2.36. The molecule has 0 saturated carbocycles. The number of ether oxygens (including phenoxy) is 5. The molecule has 5 rings (SSSR count). The van der Waals surface area contributed by atoms with Crippen LogP contribution in [-0.4, -0.2) is 77.8 Å². The molecule has 3 aromatic carbocycles. The van der Waals surface area contributed by atoms with Crippen LogP contribution in [0.4, 0.5) is 0 Å². The summed E-state index contributed by atoms with van der Waals surface area (Å²) in [5, 5.41) is 0. The van der Waals surface area contributed by atoms with Gasteiger partial charge in [0.05, 0.1) is 22.3 Å². The zero-order valence-electron chi connectivity index (χ0n) is 23.6. The first-order valence-electron chi connectivity index (χ1n) is 13.6. The van der Waals surface area contributed by atoms with Crippen LogP contribution in [0.2, 0.25) is 0 Å². The molecule has 44 heavy (non-hydrogen) atoms. The molecule has 226 valence electrons. The number of esters is 4. The van der Waals surface area contributed by atoms with Crippen LogP contribution in [0.3, 0.4) is 0 Å². The average molecular weight is 602 g/mol. The predicted octanol–water partition coefficient (Wildman–Crippen LogP) is 2.95. The van der Waals surface area contributed by atoms with Crippen LogP contribution >= 0.6 is 0 Å². The Balaban J connectivity index is 1.55. The highest BCUT2D eigenvalue weighted by atomic mass is 16.7. The molecule has 2 amide bonds. The number of carbonyl (C=O) groups excluding carboxylic acids is 6. The summed E-state index contributed by atoms with van der Waals surface area (Å²) in [5.41, 5.74) is 0.487. The molecule has 1 fully saturated rings. The summed E-state index contributed by atoms with van der Waals surface area (Å²) in [4.78, 5) is 78.6. The number of amides is 2. The Morgan fingerprint density at radius 2 is 1.16 bits per heavy atom. The van der Waals surface area contributed by atoms with Crippen LogP contribution < -0.4 is 0 Å². The molecule has 0 N–H and O–H groups in total. The molecule has 2 aliphatic rings. The normalized spacial score (nSPS) is 22.5. The predicted molar refractivity (Wildman–Crippen MR) is 149 cm³/mol. The van der Waals surface area contributed by atoms with Gasteiger partial charge in [-0.2, -0.15) is 0 Å². The van der Waals surface area contributed by atoms with E-state index in [1.807, 2.05) is 0 Å². The highest BCUT2D eigenvalue weighted by Gasteiger charge is 2.58. The summed E-state index contributed by atoms with van der Waals surface area (Å²) in [6.45, 7) is 1.61. The standard InChI is InChI=1S/C32H27NO11/c1-18(34)41-27-25(33-28(36)22-15-9-10-16-23(22)29(33)37)32(42-19(2)35)43-24(17-40-30(38)20-11-5-3-6-12-20)26(27)44-31(39)21-13-7-4-8-14-21/h3-16,24-27,32H,17H2,1-2H3/t24-,25-,26-,27-,32?/m1/s1. The van der Waals surface area contributed by atoms with Crippen LogP contribution in [0.1, 0.15) is 55.3 Å². The van der Waals surface area contributed by atoms with E-state index in [1.54, 1.807) is 48.5 Å². The summed E-state index contributed by atoms with van der Waals surface area (Å²) in [6.07, 6.45) is -6.24. The fraction of sp³-hybridized carbons (Fsp3) is 0.250. The lowest BCUT2D eigenvalue weighted by Crippen LogP contribution is -2.67. The number of nitrogens with zero attached hydrogens (tertiary/aromatic N) is 1. The molecule has 0 radical (unpaired) electrons. The third-order valence-electron chi connectivity index (χ3n) is 6.96. The SMILES string of the molecule is CC(=O)OC1O[C@H](COC(=O)c2ccccc2)[C@@H](OC(=O)c2ccccc2)[C@H](OC(C)=O)[C@H]1N1C(=O)c2ccccc2C1=O. The lowest BCUT2D eigenvalue weighted by molar-refractivity contribution is -0.273. The molecule has 0 bridgehead atoms. The average Bonchev–Trinajstić information content (AvgIpc) is 3.26. The van der Waals surface area contributed by atoms with Gasteiger partial charge in [0.15, 0.2) is 12.2 Å². The van der Waals surface area contributed by atoms with Gasteiger partial charge in [0, 0.05) is 13.8 Å². The van der Waals surface area contributed by atoms with E-state index in [0.717, 1.165) is 18.7 Å². The Hall–Kier alpha value is -5.36. The van der Waals surface area contributed by atoms with Gasteiger partial charge < -0.3 is 23.7 Å². The van der Waals surface area contributed by atoms with Gasteiger partial charge in [0.2, 0.25) is 6.29 Å². The van der Waals surface area contributed by atoms with Crippen molar-refractivity contribution in [3.63, 3.8) is 0 Å². The van der Waals surface area contributed by atoms with E-state index in [1.165, 1.54) is 36.4 Å². The number of rotatable bonds is 8. The summed E-state index contributed by atoms with van der Waals surface area (Å²) < 4.78 is 28.3. The number of carbonyl (C=O) groups is 6. The quantitative estimate of drug-likeness (QED) is 0.213. The molecule has 2 aliphatic heterocycles. The van der Waals surface area contributed by atoms with E-state index in [0.29, 0.717) is 0 Å². The first-order chi connectivity index (χ1) is 21.2. The molecule has 12 heteroatoms. The number of imide groups is 1. The van der Waals surface area contributed by atoms with Crippen LogP contribution in [-0.2, 0) is 33.3 Å². The Morgan fingerprint density at radius 1 is 0.659 bits per heavy atom. The zero-order chi connectivity index (χ0) is 31.4. The van der Waals surface area contributed by atoms with Crippen molar-refractivity contribution in [3.8, 4) is 0 Å². The molecule has 0 spiro atoms. The van der Waals surface area contributed by atoms with Gasteiger partial charge in [-0.1, -0.05) is 48.5 Å². The Morgan fingerprint density at radius 3 is 1.68 bits per heavy atom. The maximum Gasteiger partial charge on any atom is 0.338 e. The van der Waals surface area contributed by atoms with E-state index in [2.05, 4.69) is 0 Å². The number of hydrogen-bond donors (Lipinski definition) is 0. The van der Waals surface area contributed by atoms with Crippen LogP contribution in [0.5, 0.6) is 0 Å². The Bertz CT molecular complexity index is 1550. The maximum absolute atomic E-state index is 13.6. The smallest absolute Gasteiger partial charge is 0.338 e. The van der Waals surface area contributed by atoms with Crippen molar-refractivity contribution in [2.24, 2.45) is 0 Å². The Kier molecular flexibility index (Phi) is 8.81. The van der Waals surface area contributed by atoms with Crippen LogP contribution in [0.15, 0.2) is 84.9 Å². The fourth-order valence-corrected chi connectivity index (χ4v) is 5.09. The molecule has 5 atom stereocenters.